The lowest BCUT2D eigenvalue weighted by atomic mass is 9.84. The lowest BCUT2D eigenvalue weighted by Crippen LogP contribution is -2.29. The number of anilines is 1. The number of thiophene rings is 1. The summed E-state index contributed by atoms with van der Waals surface area (Å²) in [6, 6.07) is 14.2. The summed E-state index contributed by atoms with van der Waals surface area (Å²) < 4.78 is 5.52. The third kappa shape index (κ3) is 4.03. The van der Waals surface area contributed by atoms with E-state index in [1.54, 1.807) is 19.2 Å². The van der Waals surface area contributed by atoms with Gasteiger partial charge in [-0.1, -0.05) is 44.5 Å². The highest BCUT2D eigenvalue weighted by Crippen LogP contribution is 2.45. The number of Topliss-reactive ketones (excluding diaryl/α,β-unsaturated/α-hetero) is 1. The molecular weight excluding hydrogens is 446 g/mol. The summed E-state index contributed by atoms with van der Waals surface area (Å²) in [5, 5.41) is 13.4. The van der Waals surface area contributed by atoms with Crippen molar-refractivity contribution in [2.24, 2.45) is 0 Å². The van der Waals surface area contributed by atoms with Crippen LogP contribution < -0.4 is 9.64 Å². The summed E-state index contributed by atoms with van der Waals surface area (Å²) in [6.45, 7) is 10.1. The van der Waals surface area contributed by atoms with Gasteiger partial charge in [0.15, 0.2) is 0 Å². The minimum absolute atomic E-state index is 0.0949. The van der Waals surface area contributed by atoms with Crippen molar-refractivity contribution in [2.75, 3.05) is 12.0 Å². The molecule has 0 aliphatic carbocycles. The summed E-state index contributed by atoms with van der Waals surface area (Å²) >= 11 is 1.45. The minimum Gasteiger partial charge on any atom is -0.507 e. The van der Waals surface area contributed by atoms with E-state index in [1.165, 1.54) is 16.2 Å². The van der Waals surface area contributed by atoms with Gasteiger partial charge in [0.1, 0.15) is 17.6 Å². The van der Waals surface area contributed by atoms with Gasteiger partial charge in [0, 0.05) is 21.7 Å². The highest BCUT2D eigenvalue weighted by Gasteiger charge is 2.47. The van der Waals surface area contributed by atoms with E-state index in [1.807, 2.05) is 55.6 Å². The smallest absolute Gasteiger partial charge is 0.300 e. The van der Waals surface area contributed by atoms with Gasteiger partial charge in [0.2, 0.25) is 0 Å². The van der Waals surface area contributed by atoms with Gasteiger partial charge in [0.05, 0.1) is 12.7 Å². The van der Waals surface area contributed by atoms with E-state index in [4.69, 9.17) is 4.74 Å². The van der Waals surface area contributed by atoms with Crippen molar-refractivity contribution >= 4 is 34.5 Å². The first-order valence-electron chi connectivity index (χ1n) is 11.1. The number of amides is 1. The zero-order chi connectivity index (χ0) is 24.8. The van der Waals surface area contributed by atoms with Crippen molar-refractivity contribution in [1.29, 1.82) is 0 Å². The number of benzene rings is 2. The second-order valence-electron chi connectivity index (χ2n) is 9.64. The highest BCUT2D eigenvalue weighted by atomic mass is 32.1. The summed E-state index contributed by atoms with van der Waals surface area (Å²) in [5.41, 5.74) is 3.84. The fourth-order valence-electron chi connectivity index (χ4n) is 4.47. The molecule has 0 saturated carbocycles. The quantitative estimate of drug-likeness (QED) is 0.273. The topological polar surface area (TPSA) is 66.8 Å². The second kappa shape index (κ2) is 8.76. The van der Waals surface area contributed by atoms with Crippen LogP contribution in [0.5, 0.6) is 5.75 Å². The van der Waals surface area contributed by atoms with Gasteiger partial charge in [-0.25, -0.2) is 0 Å². The number of carbonyl (C=O) groups is 2. The van der Waals surface area contributed by atoms with Crippen LogP contribution >= 0.6 is 11.3 Å². The van der Waals surface area contributed by atoms with Crippen LogP contribution in [-0.4, -0.2) is 23.9 Å². The van der Waals surface area contributed by atoms with Crippen LogP contribution in [0.3, 0.4) is 0 Å². The molecule has 1 saturated heterocycles. The van der Waals surface area contributed by atoms with E-state index in [9.17, 15) is 14.7 Å². The van der Waals surface area contributed by atoms with E-state index in [-0.39, 0.29) is 16.7 Å². The predicted octanol–water partition coefficient (Wildman–Crippen LogP) is 6.30. The van der Waals surface area contributed by atoms with Crippen LogP contribution in [0.1, 0.15) is 53.9 Å². The Morgan fingerprint density at radius 3 is 2.38 bits per heavy atom. The molecule has 0 radical (unpaired) electrons. The van der Waals surface area contributed by atoms with Crippen molar-refractivity contribution in [3.05, 3.63) is 86.6 Å². The zero-order valence-corrected chi connectivity index (χ0v) is 21.1. The molecule has 1 atom stereocenters. The Kier molecular flexibility index (Phi) is 6.13. The molecular formula is C28H29NO4S. The first-order chi connectivity index (χ1) is 16.0. The number of hydrogen-bond donors (Lipinski definition) is 1. The third-order valence-corrected chi connectivity index (χ3v) is 7.07. The van der Waals surface area contributed by atoms with Crippen LogP contribution in [0.25, 0.3) is 5.76 Å². The Balaban J connectivity index is 1.94. The van der Waals surface area contributed by atoms with Gasteiger partial charge < -0.3 is 9.84 Å². The standard InChI is InChI=1S/C28H29NO4S/c1-16-9-11-20(17(2)14-16)29-24(22-8-7-13-34-22)23(26(31)27(29)32)25(30)18-10-12-21(33-6)19(15-18)28(3,4)5/h7-15,24,30H,1-6H3/b25-23-. The Morgan fingerprint density at radius 1 is 1.06 bits per heavy atom. The monoisotopic (exact) mass is 475 g/mol. The molecule has 2 heterocycles. The maximum Gasteiger partial charge on any atom is 0.300 e. The van der Waals surface area contributed by atoms with E-state index < -0.39 is 17.7 Å². The molecule has 2 aromatic carbocycles. The van der Waals surface area contributed by atoms with Gasteiger partial charge >= 0.3 is 0 Å². The molecule has 176 valence electrons. The molecule has 5 nitrogen and oxygen atoms in total. The molecule has 0 spiro atoms. The van der Waals surface area contributed by atoms with Gasteiger partial charge in [-0.05, 0) is 60.5 Å². The predicted molar refractivity (Wildman–Crippen MR) is 137 cm³/mol. The molecule has 1 amide bonds. The number of ether oxygens (including phenoxy) is 1. The SMILES string of the molecule is COc1ccc(/C(O)=C2/C(=O)C(=O)N(c3ccc(C)cc3C)C2c2cccs2)cc1C(C)(C)C. The molecule has 34 heavy (non-hydrogen) atoms. The number of ketones is 1. The second-order valence-corrected chi connectivity index (χ2v) is 10.6. The number of hydrogen-bond acceptors (Lipinski definition) is 5. The maximum absolute atomic E-state index is 13.4. The normalized spacial score (nSPS) is 17.9. The van der Waals surface area contributed by atoms with Crippen LogP contribution in [0.15, 0.2) is 59.5 Å². The Labute approximate surface area is 204 Å². The molecule has 1 aliphatic heterocycles. The van der Waals surface area contributed by atoms with Crippen LogP contribution in [-0.2, 0) is 15.0 Å². The van der Waals surface area contributed by atoms with E-state index in [0.29, 0.717) is 17.0 Å². The van der Waals surface area contributed by atoms with Gasteiger partial charge in [0.25, 0.3) is 11.7 Å². The van der Waals surface area contributed by atoms with Gasteiger partial charge in [-0.15, -0.1) is 11.3 Å². The van der Waals surface area contributed by atoms with Crippen molar-refractivity contribution in [1.82, 2.24) is 0 Å². The van der Waals surface area contributed by atoms with Gasteiger partial charge in [-0.3, -0.25) is 14.5 Å². The summed E-state index contributed by atoms with van der Waals surface area (Å²) in [5.74, 6) is -0.813. The fraction of sp³-hybridized carbons (Fsp3) is 0.286. The summed E-state index contributed by atoms with van der Waals surface area (Å²) in [4.78, 5) is 29.0. The number of methoxy groups -OCH3 is 1. The first kappa shape index (κ1) is 23.8. The maximum atomic E-state index is 13.4. The molecule has 1 aromatic heterocycles. The van der Waals surface area contributed by atoms with Crippen molar-refractivity contribution < 1.29 is 19.4 Å². The lowest BCUT2D eigenvalue weighted by molar-refractivity contribution is -0.132. The molecule has 4 rings (SSSR count). The fourth-order valence-corrected chi connectivity index (χ4v) is 5.29. The highest BCUT2D eigenvalue weighted by molar-refractivity contribution is 7.10. The summed E-state index contributed by atoms with van der Waals surface area (Å²) in [6.07, 6.45) is 0. The number of nitrogens with zero attached hydrogens (tertiary/aromatic N) is 1. The molecule has 1 N–H and O–H groups in total. The van der Waals surface area contributed by atoms with Crippen LogP contribution in [0.4, 0.5) is 5.69 Å². The number of aliphatic hydroxyl groups is 1. The van der Waals surface area contributed by atoms with Crippen LogP contribution in [0.2, 0.25) is 0 Å². The number of rotatable bonds is 4. The average molecular weight is 476 g/mol. The average Bonchev–Trinajstić information content (AvgIpc) is 3.40. The molecule has 1 aliphatic rings. The largest absolute Gasteiger partial charge is 0.507 e. The molecule has 3 aromatic rings. The molecule has 1 unspecified atom stereocenters. The number of aryl methyl sites for hydroxylation is 2. The zero-order valence-electron chi connectivity index (χ0n) is 20.3. The lowest BCUT2D eigenvalue weighted by Gasteiger charge is -2.26. The van der Waals surface area contributed by atoms with E-state index >= 15 is 0 Å². The Hall–Kier alpha value is -3.38. The van der Waals surface area contributed by atoms with Crippen molar-refractivity contribution in [2.45, 2.75) is 46.1 Å². The Bertz CT molecular complexity index is 1300. The minimum atomic E-state index is -0.707. The van der Waals surface area contributed by atoms with Crippen molar-refractivity contribution in [3.8, 4) is 5.75 Å². The van der Waals surface area contributed by atoms with Gasteiger partial charge in [-0.2, -0.15) is 0 Å². The first-order valence-corrected chi connectivity index (χ1v) is 12.0. The molecule has 1 fully saturated rings. The number of carbonyl (C=O) groups excluding carboxylic acids is 2. The summed E-state index contributed by atoms with van der Waals surface area (Å²) in [7, 11) is 1.61. The van der Waals surface area contributed by atoms with Crippen molar-refractivity contribution in [3.63, 3.8) is 0 Å². The van der Waals surface area contributed by atoms with Crippen LogP contribution in [0, 0.1) is 13.8 Å². The molecule has 6 heteroatoms. The third-order valence-electron chi connectivity index (χ3n) is 6.15. The van der Waals surface area contributed by atoms with E-state index in [2.05, 4.69) is 20.8 Å². The Morgan fingerprint density at radius 2 is 1.79 bits per heavy atom. The van der Waals surface area contributed by atoms with E-state index in [0.717, 1.165) is 21.6 Å². The molecule has 0 bridgehead atoms. The number of aliphatic hydroxyl groups excluding tert-OH is 1.